The van der Waals surface area contributed by atoms with Crippen molar-refractivity contribution in [1.29, 1.82) is 0 Å². The second-order valence-corrected chi connectivity index (χ2v) is 7.35. The first kappa shape index (κ1) is 20.0. The number of para-hydroxylation sites is 1. The van der Waals surface area contributed by atoms with Gasteiger partial charge in [0.2, 0.25) is 0 Å². The fourth-order valence-electron chi connectivity index (χ4n) is 3.62. The first-order chi connectivity index (χ1) is 13.5. The molecule has 0 unspecified atom stereocenters. The molecule has 1 aliphatic heterocycles. The Balaban J connectivity index is 1.60. The molecule has 2 amide bonds. The van der Waals surface area contributed by atoms with Crippen LogP contribution < -0.4 is 15.5 Å². The number of anilines is 1. The highest BCUT2D eigenvalue weighted by Crippen LogP contribution is 2.15. The molecular weight excluding hydrogens is 354 g/mol. The lowest BCUT2D eigenvalue weighted by molar-refractivity contribution is -0.907. The molecule has 1 saturated heterocycles. The van der Waals surface area contributed by atoms with Crippen LogP contribution in [0.1, 0.15) is 29.8 Å². The average Bonchev–Trinajstić information content (AvgIpc) is 2.66. The Morgan fingerprint density at radius 2 is 1.64 bits per heavy atom. The Labute approximate surface area is 165 Å². The van der Waals surface area contributed by atoms with Gasteiger partial charge in [-0.3, -0.25) is 9.59 Å². The zero-order valence-corrected chi connectivity index (χ0v) is 16.4. The third-order valence-corrected chi connectivity index (χ3v) is 4.77. The zero-order chi connectivity index (χ0) is 19.9. The van der Waals surface area contributed by atoms with Crippen LogP contribution in [0.4, 0.5) is 5.69 Å². The highest BCUT2D eigenvalue weighted by Gasteiger charge is 2.27. The third-order valence-electron chi connectivity index (χ3n) is 4.77. The highest BCUT2D eigenvalue weighted by atomic mass is 16.5. The van der Waals surface area contributed by atoms with Gasteiger partial charge in [0.1, 0.15) is 25.3 Å². The van der Waals surface area contributed by atoms with Gasteiger partial charge in [0.15, 0.2) is 6.54 Å². The second-order valence-electron chi connectivity index (χ2n) is 7.35. The van der Waals surface area contributed by atoms with E-state index in [-0.39, 0.29) is 24.0 Å². The maximum atomic E-state index is 12.6. The lowest BCUT2D eigenvalue weighted by Crippen LogP contribution is -3.16. The molecule has 0 aromatic heterocycles. The Hall–Kier alpha value is -2.70. The van der Waals surface area contributed by atoms with Crippen molar-refractivity contribution in [3.05, 3.63) is 65.7 Å². The minimum Gasteiger partial charge on any atom is -0.364 e. The summed E-state index contributed by atoms with van der Waals surface area (Å²) in [7, 11) is 0. The van der Waals surface area contributed by atoms with Crippen molar-refractivity contribution in [3.8, 4) is 0 Å². The zero-order valence-electron chi connectivity index (χ0n) is 16.4. The molecule has 1 fully saturated rings. The van der Waals surface area contributed by atoms with Gasteiger partial charge in [-0.15, -0.1) is 0 Å². The van der Waals surface area contributed by atoms with Crippen molar-refractivity contribution in [2.45, 2.75) is 32.6 Å². The van der Waals surface area contributed by atoms with E-state index >= 15 is 0 Å². The second kappa shape index (κ2) is 9.48. The maximum absolute atomic E-state index is 12.6. The first-order valence-electron chi connectivity index (χ1n) is 9.71. The molecule has 6 nitrogen and oxygen atoms in total. The number of hydrogen-bond donors (Lipinski definition) is 3. The molecule has 0 spiro atoms. The van der Waals surface area contributed by atoms with Gasteiger partial charge in [-0.25, -0.2) is 0 Å². The summed E-state index contributed by atoms with van der Waals surface area (Å²) in [6.45, 7) is 6.46. The lowest BCUT2D eigenvalue weighted by atomic mass is 10.1. The van der Waals surface area contributed by atoms with Crippen molar-refractivity contribution < 1.29 is 19.2 Å². The Morgan fingerprint density at radius 3 is 2.36 bits per heavy atom. The van der Waals surface area contributed by atoms with Gasteiger partial charge in [-0.1, -0.05) is 42.5 Å². The highest BCUT2D eigenvalue weighted by molar-refractivity contribution is 6.03. The maximum Gasteiger partial charge on any atom is 0.279 e. The molecule has 0 aliphatic carbocycles. The molecule has 0 saturated carbocycles. The number of benzene rings is 2. The van der Waals surface area contributed by atoms with Crippen LogP contribution in [0, 0.1) is 0 Å². The third kappa shape index (κ3) is 5.65. The first-order valence-corrected chi connectivity index (χ1v) is 9.71. The van der Waals surface area contributed by atoms with Crippen LogP contribution in [-0.4, -0.2) is 43.7 Å². The Bertz CT molecular complexity index is 800. The fourth-order valence-corrected chi connectivity index (χ4v) is 3.62. The molecule has 2 aromatic rings. The monoisotopic (exact) mass is 382 g/mol. The van der Waals surface area contributed by atoms with Crippen LogP contribution in [0.2, 0.25) is 0 Å². The Kier molecular flexibility index (Phi) is 6.79. The molecule has 2 aromatic carbocycles. The molecule has 1 heterocycles. The van der Waals surface area contributed by atoms with E-state index < -0.39 is 0 Å². The number of carbonyl (C=O) groups is 2. The molecule has 6 heteroatoms. The topological polar surface area (TPSA) is 71.9 Å². The van der Waals surface area contributed by atoms with Gasteiger partial charge in [-0.05, 0) is 31.5 Å². The number of ether oxygens (including phenoxy) is 1. The normalized spacial score (nSPS) is 21.7. The van der Waals surface area contributed by atoms with Crippen LogP contribution >= 0.6 is 0 Å². The molecular formula is C22H28N3O3+. The van der Waals surface area contributed by atoms with Gasteiger partial charge >= 0.3 is 0 Å². The molecule has 28 heavy (non-hydrogen) atoms. The summed E-state index contributed by atoms with van der Waals surface area (Å²) in [6.07, 6.45) is 0.283. The minimum absolute atomic E-state index is 0.0976. The van der Waals surface area contributed by atoms with Crippen molar-refractivity contribution in [3.63, 3.8) is 0 Å². The fraction of sp³-hybridized carbons (Fsp3) is 0.364. The van der Waals surface area contributed by atoms with Crippen molar-refractivity contribution in [2.75, 3.05) is 25.0 Å². The van der Waals surface area contributed by atoms with Crippen molar-refractivity contribution in [1.82, 2.24) is 5.32 Å². The smallest absolute Gasteiger partial charge is 0.279 e. The van der Waals surface area contributed by atoms with Gasteiger partial charge < -0.3 is 20.3 Å². The number of amides is 2. The quantitative estimate of drug-likeness (QED) is 0.704. The molecule has 148 valence electrons. The summed E-state index contributed by atoms with van der Waals surface area (Å²) in [5, 5.41) is 5.82. The molecule has 3 rings (SSSR count). The number of nitrogens with one attached hydrogen (secondary N) is 3. The predicted octanol–water partition coefficient (Wildman–Crippen LogP) is 1.25. The average molecular weight is 382 g/mol. The van der Waals surface area contributed by atoms with Crippen molar-refractivity contribution in [2.24, 2.45) is 0 Å². The van der Waals surface area contributed by atoms with E-state index in [0.29, 0.717) is 24.3 Å². The number of carbonyl (C=O) groups excluding carboxylic acids is 2. The van der Waals surface area contributed by atoms with Crippen LogP contribution in [0.25, 0.3) is 0 Å². The minimum atomic E-state index is -0.208. The number of morpholine rings is 1. The van der Waals surface area contributed by atoms with Crippen LogP contribution in [0.15, 0.2) is 54.6 Å². The lowest BCUT2D eigenvalue weighted by Gasteiger charge is -2.31. The number of quaternary nitrogens is 1. The SMILES string of the molecule is C[C@H]1C[NH+](CC(=O)Nc2ccccc2C(=O)NCc2ccccc2)C[C@H](C)O1. The van der Waals surface area contributed by atoms with E-state index in [1.807, 2.05) is 50.2 Å². The molecule has 0 bridgehead atoms. The van der Waals surface area contributed by atoms with E-state index in [1.54, 1.807) is 18.2 Å². The number of rotatable bonds is 6. The van der Waals surface area contributed by atoms with E-state index in [9.17, 15) is 9.59 Å². The van der Waals surface area contributed by atoms with E-state index in [0.717, 1.165) is 18.7 Å². The van der Waals surface area contributed by atoms with Crippen molar-refractivity contribution >= 4 is 17.5 Å². The largest absolute Gasteiger partial charge is 0.364 e. The molecule has 3 N–H and O–H groups in total. The van der Waals surface area contributed by atoms with Gasteiger partial charge in [-0.2, -0.15) is 0 Å². The molecule has 1 aliphatic rings. The van der Waals surface area contributed by atoms with Gasteiger partial charge in [0.25, 0.3) is 11.8 Å². The molecule has 0 radical (unpaired) electrons. The predicted molar refractivity (Wildman–Crippen MR) is 108 cm³/mol. The standard InChI is InChI=1S/C22H27N3O3/c1-16-13-25(14-17(2)28-16)15-21(26)24-20-11-7-6-10-19(20)22(27)23-12-18-8-4-3-5-9-18/h3-11,16-17H,12-15H2,1-2H3,(H,23,27)(H,24,26)/p+1/t16-,17-/m0/s1. The van der Waals surface area contributed by atoms with Gasteiger partial charge in [0.05, 0.1) is 11.3 Å². The van der Waals surface area contributed by atoms with Crippen LogP contribution in [0.3, 0.4) is 0 Å². The van der Waals surface area contributed by atoms with Crippen LogP contribution in [-0.2, 0) is 16.1 Å². The Morgan fingerprint density at radius 1 is 1.00 bits per heavy atom. The molecule has 2 atom stereocenters. The van der Waals surface area contributed by atoms with E-state index in [4.69, 9.17) is 4.74 Å². The van der Waals surface area contributed by atoms with Gasteiger partial charge in [0, 0.05) is 6.54 Å². The summed E-state index contributed by atoms with van der Waals surface area (Å²) in [5.41, 5.74) is 2.02. The summed E-state index contributed by atoms with van der Waals surface area (Å²) in [6, 6.07) is 16.8. The van der Waals surface area contributed by atoms with Crippen LogP contribution in [0.5, 0.6) is 0 Å². The van der Waals surface area contributed by atoms with E-state index in [1.165, 1.54) is 4.90 Å². The summed E-state index contributed by atoms with van der Waals surface area (Å²) in [5.74, 6) is -0.305. The van der Waals surface area contributed by atoms with E-state index in [2.05, 4.69) is 10.6 Å². The summed E-state index contributed by atoms with van der Waals surface area (Å²) in [4.78, 5) is 26.3. The summed E-state index contributed by atoms with van der Waals surface area (Å²) >= 11 is 0. The number of hydrogen-bond acceptors (Lipinski definition) is 3. The summed E-state index contributed by atoms with van der Waals surface area (Å²) < 4.78 is 5.72.